The zero-order valence-electron chi connectivity index (χ0n) is 18.5. The number of hydrogen-bond acceptors (Lipinski definition) is 3. The van der Waals surface area contributed by atoms with E-state index in [9.17, 15) is 17.6 Å². The van der Waals surface area contributed by atoms with Gasteiger partial charge in [0.25, 0.3) is 15.9 Å². The number of para-hydroxylation sites is 2. The third-order valence-corrected chi connectivity index (χ3v) is 6.50. The predicted octanol–water partition coefficient (Wildman–Crippen LogP) is 6.13. The Kier molecular flexibility index (Phi) is 6.99. The summed E-state index contributed by atoms with van der Waals surface area (Å²) in [6.45, 7) is 8.21. The molecule has 2 N–H and O–H groups in total. The van der Waals surface area contributed by atoms with Crippen LogP contribution in [-0.2, 0) is 10.0 Å². The number of carbonyl (C=O) groups is 1. The maximum atomic E-state index is 13.9. The standard InChI is InChI=1S/C25H27FN2O3S/c1-16(2)20-11-8-12-21(17(3)4)24(20)27-25(29)18-9-7-10-19(15-18)32(30,31)28-23-14-6-5-13-22(23)26/h5-17,28H,1-4H3,(H,27,29). The lowest BCUT2D eigenvalue weighted by atomic mass is 9.92. The fraction of sp³-hybridized carbons (Fsp3) is 0.240. The monoisotopic (exact) mass is 454 g/mol. The summed E-state index contributed by atoms with van der Waals surface area (Å²) in [6.07, 6.45) is 0. The summed E-state index contributed by atoms with van der Waals surface area (Å²) < 4.78 is 41.7. The van der Waals surface area contributed by atoms with E-state index in [0.29, 0.717) is 0 Å². The van der Waals surface area contributed by atoms with Crippen molar-refractivity contribution in [1.82, 2.24) is 0 Å². The van der Waals surface area contributed by atoms with Crippen LogP contribution in [0.1, 0.15) is 61.0 Å². The van der Waals surface area contributed by atoms with Crippen molar-refractivity contribution < 1.29 is 17.6 Å². The van der Waals surface area contributed by atoms with Crippen molar-refractivity contribution >= 4 is 27.3 Å². The Morgan fingerprint density at radius 2 is 1.44 bits per heavy atom. The van der Waals surface area contributed by atoms with Gasteiger partial charge in [0, 0.05) is 11.3 Å². The molecule has 5 nitrogen and oxygen atoms in total. The Bertz CT molecular complexity index is 1210. The molecule has 0 spiro atoms. The van der Waals surface area contributed by atoms with E-state index in [1.807, 2.05) is 18.2 Å². The zero-order valence-corrected chi connectivity index (χ0v) is 19.3. The summed E-state index contributed by atoms with van der Waals surface area (Å²) in [7, 11) is -4.08. The molecule has 0 bridgehead atoms. The molecular formula is C25H27FN2O3S. The van der Waals surface area contributed by atoms with Gasteiger partial charge >= 0.3 is 0 Å². The number of nitrogens with one attached hydrogen (secondary N) is 2. The smallest absolute Gasteiger partial charge is 0.262 e. The number of anilines is 2. The summed E-state index contributed by atoms with van der Waals surface area (Å²) in [5.41, 5.74) is 2.80. The second-order valence-corrected chi connectivity index (χ2v) is 9.87. The number of sulfonamides is 1. The highest BCUT2D eigenvalue weighted by Gasteiger charge is 2.20. The average Bonchev–Trinajstić information content (AvgIpc) is 2.75. The predicted molar refractivity (Wildman–Crippen MR) is 126 cm³/mol. The third kappa shape index (κ3) is 5.16. The lowest BCUT2D eigenvalue weighted by molar-refractivity contribution is 0.102. The third-order valence-electron chi connectivity index (χ3n) is 5.14. The molecule has 0 heterocycles. The first-order valence-corrected chi connectivity index (χ1v) is 11.9. The van der Waals surface area contributed by atoms with Crippen LogP contribution in [0.3, 0.4) is 0 Å². The summed E-state index contributed by atoms with van der Waals surface area (Å²) in [5, 5.41) is 2.98. The van der Waals surface area contributed by atoms with Gasteiger partial charge in [0.1, 0.15) is 5.82 Å². The topological polar surface area (TPSA) is 75.3 Å². The van der Waals surface area contributed by atoms with Gasteiger partial charge in [0.05, 0.1) is 10.6 Å². The van der Waals surface area contributed by atoms with E-state index in [0.717, 1.165) is 16.8 Å². The van der Waals surface area contributed by atoms with Crippen LogP contribution in [0.5, 0.6) is 0 Å². The molecule has 0 aliphatic heterocycles. The Balaban J connectivity index is 1.92. The molecule has 7 heteroatoms. The minimum absolute atomic E-state index is 0.130. The second kappa shape index (κ2) is 9.53. The Labute approximate surface area is 188 Å². The van der Waals surface area contributed by atoms with Crippen LogP contribution in [0.25, 0.3) is 0 Å². The van der Waals surface area contributed by atoms with E-state index < -0.39 is 21.7 Å². The molecule has 0 aromatic heterocycles. The number of amides is 1. The van der Waals surface area contributed by atoms with Crippen molar-refractivity contribution in [2.45, 2.75) is 44.4 Å². The summed E-state index contributed by atoms with van der Waals surface area (Å²) in [4.78, 5) is 12.9. The van der Waals surface area contributed by atoms with Crippen molar-refractivity contribution in [3.8, 4) is 0 Å². The van der Waals surface area contributed by atoms with Gasteiger partial charge in [-0.25, -0.2) is 12.8 Å². The van der Waals surface area contributed by atoms with Gasteiger partial charge in [-0.15, -0.1) is 0 Å². The Hall–Kier alpha value is -3.19. The molecule has 0 saturated carbocycles. The van der Waals surface area contributed by atoms with Crippen LogP contribution in [0.2, 0.25) is 0 Å². The Morgan fingerprint density at radius 3 is 2.03 bits per heavy atom. The second-order valence-electron chi connectivity index (χ2n) is 8.19. The van der Waals surface area contributed by atoms with Crippen molar-refractivity contribution in [2.24, 2.45) is 0 Å². The number of rotatable bonds is 7. The molecule has 0 aliphatic rings. The van der Waals surface area contributed by atoms with Gasteiger partial charge in [0.15, 0.2) is 0 Å². The van der Waals surface area contributed by atoms with E-state index in [-0.39, 0.29) is 28.0 Å². The van der Waals surface area contributed by atoms with E-state index in [2.05, 4.69) is 37.7 Å². The van der Waals surface area contributed by atoms with Gasteiger partial charge in [0.2, 0.25) is 0 Å². The van der Waals surface area contributed by atoms with Gasteiger partial charge in [-0.3, -0.25) is 9.52 Å². The van der Waals surface area contributed by atoms with Gasteiger partial charge in [-0.05, 0) is 53.3 Å². The van der Waals surface area contributed by atoms with Gasteiger partial charge < -0.3 is 5.32 Å². The largest absolute Gasteiger partial charge is 0.321 e. The van der Waals surface area contributed by atoms with E-state index in [4.69, 9.17) is 0 Å². The van der Waals surface area contributed by atoms with E-state index in [1.165, 1.54) is 42.5 Å². The van der Waals surface area contributed by atoms with Crippen molar-refractivity contribution in [2.75, 3.05) is 10.0 Å². The normalized spacial score (nSPS) is 11.6. The van der Waals surface area contributed by atoms with Crippen molar-refractivity contribution in [1.29, 1.82) is 0 Å². The SMILES string of the molecule is CC(C)c1cccc(C(C)C)c1NC(=O)c1cccc(S(=O)(=O)Nc2ccccc2F)c1. The molecule has 168 valence electrons. The van der Waals surface area contributed by atoms with Crippen LogP contribution in [0.4, 0.5) is 15.8 Å². The quantitative estimate of drug-likeness (QED) is 0.451. The maximum Gasteiger partial charge on any atom is 0.262 e. The molecule has 0 aliphatic carbocycles. The van der Waals surface area contributed by atoms with Gasteiger partial charge in [-0.2, -0.15) is 0 Å². The fourth-order valence-corrected chi connectivity index (χ4v) is 4.55. The first-order valence-electron chi connectivity index (χ1n) is 10.4. The van der Waals surface area contributed by atoms with Crippen LogP contribution < -0.4 is 10.0 Å². The molecule has 1 amide bonds. The lowest BCUT2D eigenvalue weighted by Gasteiger charge is -2.20. The molecular weight excluding hydrogens is 427 g/mol. The average molecular weight is 455 g/mol. The summed E-state index contributed by atoms with van der Waals surface area (Å²) in [6, 6.07) is 17.1. The van der Waals surface area contributed by atoms with Crippen LogP contribution in [0, 0.1) is 5.82 Å². The fourth-order valence-electron chi connectivity index (χ4n) is 3.43. The van der Waals surface area contributed by atoms with Gasteiger partial charge in [-0.1, -0.05) is 64.1 Å². The highest BCUT2D eigenvalue weighted by Crippen LogP contribution is 2.33. The molecule has 3 aromatic carbocycles. The van der Waals surface area contributed by atoms with Crippen molar-refractivity contribution in [3.05, 3.63) is 89.2 Å². The number of benzene rings is 3. The minimum Gasteiger partial charge on any atom is -0.321 e. The minimum atomic E-state index is -4.08. The van der Waals surface area contributed by atoms with E-state index >= 15 is 0 Å². The molecule has 0 saturated heterocycles. The van der Waals surface area contributed by atoms with Crippen molar-refractivity contribution in [3.63, 3.8) is 0 Å². The molecule has 3 aromatic rings. The van der Waals surface area contributed by atoms with Crippen LogP contribution in [0.15, 0.2) is 71.6 Å². The highest BCUT2D eigenvalue weighted by atomic mass is 32.2. The number of halogens is 1. The number of carbonyl (C=O) groups excluding carboxylic acids is 1. The van der Waals surface area contributed by atoms with Crippen LogP contribution >= 0.6 is 0 Å². The molecule has 3 rings (SSSR count). The summed E-state index contributed by atoms with van der Waals surface area (Å²) in [5.74, 6) is -0.708. The molecule has 0 atom stereocenters. The lowest BCUT2D eigenvalue weighted by Crippen LogP contribution is -2.18. The summed E-state index contributed by atoms with van der Waals surface area (Å²) >= 11 is 0. The first-order chi connectivity index (χ1) is 15.1. The highest BCUT2D eigenvalue weighted by molar-refractivity contribution is 7.92. The first kappa shape index (κ1) is 23.5. The zero-order chi connectivity index (χ0) is 23.5. The van der Waals surface area contributed by atoms with E-state index in [1.54, 1.807) is 6.07 Å². The Morgan fingerprint density at radius 1 is 0.844 bits per heavy atom. The van der Waals surface area contributed by atoms with Crippen LogP contribution in [-0.4, -0.2) is 14.3 Å². The molecule has 0 fully saturated rings. The maximum absolute atomic E-state index is 13.9. The molecule has 0 radical (unpaired) electrons. The molecule has 32 heavy (non-hydrogen) atoms. The molecule has 0 unspecified atom stereocenters. The number of hydrogen-bond donors (Lipinski definition) is 2.